The summed E-state index contributed by atoms with van der Waals surface area (Å²) >= 11 is 6.34. The molecule has 0 unspecified atom stereocenters. The van der Waals surface area contributed by atoms with Crippen molar-refractivity contribution in [2.75, 3.05) is 0 Å². The van der Waals surface area contributed by atoms with Crippen LogP contribution in [-0.2, 0) is 6.54 Å². The molecule has 0 bridgehead atoms. The summed E-state index contributed by atoms with van der Waals surface area (Å²) in [5, 5.41) is 0.555. The van der Waals surface area contributed by atoms with Crippen molar-refractivity contribution in [2.45, 2.75) is 6.54 Å². The van der Waals surface area contributed by atoms with Crippen LogP contribution >= 0.6 is 11.6 Å². The van der Waals surface area contributed by atoms with Crippen molar-refractivity contribution in [2.24, 2.45) is 4.99 Å². The van der Waals surface area contributed by atoms with Gasteiger partial charge in [0.1, 0.15) is 11.6 Å². The molecule has 1 aliphatic carbocycles. The molecule has 128 valence electrons. The minimum atomic E-state index is -0.618. The number of nitrogens with zero attached hydrogens (tertiary/aromatic N) is 2. The third-order valence-corrected chi connectivity index (χ3v) is 4.96. The van der Waals surface area contributed by atoms with Crippen LogP contribution in [0.4, 0.5) is 8.78 Å². The van der Waals surface area contributed by atoms with Crippen molar-refractivity contribution in [3.63, 3.8) is 0 Å². The van der Waals surface area contributed by atoms with Crippen LogP contribution in [0, 0.1) is 11.6 Å². The molecule has 3 aliphatic rings. The van der Waals surface area contributed by atoms with Crippen LogP contribution < -0.4 is 0 Å². The van der Waals surface area contributed by atoms with Crippen LogP contribution in [0.1, 0.15) is 16.8 Å². The fourth-order valence-corrected chi connectivity index (χ4v) is 3.73. The van der Waals surface area contributed by atoms with Gasteiger partial charge in [-0.3, -0.25) is 4.99 Å². The van der Waals surface area contributed by atoms with Crippen LogP contribution in [0.25, 0.3) is 16.8 Å². The Labute approximate surface area is 152 Å². The van der Waals surface area contributed by atoms with Gasteiger partial charge in [-0.2, -0.15) is 0 Å². The van der Waals surface area contributed by atoms with E-state index in [2.05, 4.69) is 4.99 Å². The zero-order valence-corrected chi connectivity index (χ0v) is 14.1. The van der Waals surface area contributed by atoms with E-state index in [-0.39, 0.29) is 6.54 Å². The Morgan fingerprint density at radius 1 is 1.08 bits per heavy atom. The van der Waals surface area contributed by atoms with Gasteiger partial charge in [0, 0.05) is 29.0 Å². The number of hydrogen-bond acceptors (Lipinski definition) is 2. The lowest BCUT2D eigenvalue weighted by atomic mass is 10.0. The van der Waals surface area contributed by atoms with E-state index in [1.54, 1.807) is 23.3 Å². The molecule has 3 nitrogen and oxygen atoms in total. The quantitative estimate of drug-likeness (QED) is 0.439. The molecular weight excluding hydrogens is 358 g/mol. The van der Waals surface area contributed by atoms with E-state index in [0.717, 1.165) is 28.5 Å². The first-order valence-corrected chi connectivity index (χ1v) is 8.36. The highest BCUT2D eigenvalue weighted by molar-refractivity contribution is 6.35. The molecule has 6 heteroatoms. The van der Waals surface area contributed by atoms with Crippen molar-refractivity contribution < 1.29 is 13.2 Å². The fourth-order valence-electron chi connectivity index (χ4n) is 3.47. The van der Waals surface area contributed by atoms with Crippen molar-refractivity contribution in [1.29, 1.82) is 0 Å². The van der Waals surface area contributed by atoms with E-state index in [1.165, 1.54) is 6.07 Å². The van der Waals surface area contributed by atoms with Gasteiger partial charge >= 0.3 is 0 Å². The highest BCUT2D eigenvalue weighted by Gasteiger charge is 2.25. The van der Waals surface area contributed by atoms with Gasteiger partial charge in [-0.05, 0) is 35.9 Å². The van der Waals surface area contributed by atoms with E-state index >= 15 is 0 Å². The standard InChI is InChI=1S/C20H11ClF2N2O/c21-16-8-13(12-3-5-26-10-15(12)16)20-18-2-1-4-25(18)19-7-11(22)6-17(23)14(19)9-24-20/h1-8,10H,9H2. The van der Waals surface area contributed by atoms with Crippen LogP contribution in [-0.4, -0.2) is 10.3 Å². The maximum atomic E-state index is 14.3. The molecule has 0 fully saturated rings. The van der Waals surface area contributed by atoms with Crippen LogP contribution in [0.3, 0.4) is 0 Å². The zero-order chi connectivity index (χ0) is 17.8. The Bertz CT molecular complexity index is 1160. The Morgan fingerprint density at radius 2 is 1.96 bits per heavy atom. The molecule has 1 aromatic heterocycles. The zero-order valence-electron chi connectivity index (χ0n) is 13.3. The second-order valence-electron chi connectivity index (χ2n) is 6.10. The minimum absolute atomic E-state index is 0.111. The second-order valence-corrected chi connectivity index (χ2v) is 6.51. The highest BCUT2D eigenvalue weighted by Crippen LogP contribution is 2.38. The average molecular weight is 369 g/mol. The maximum Gasteiger partial charge on any atom is 0.133 e. The molecule has 0 saturated carbocycles. The van der Waals surface area contributed by atoms with E-state index in [9.17, 15) is 8.78 Å². The van der Waals surface area contributed by atoms with Gasteiger partial charge < -0.3 is 8.98 Å². The smallest absolute Gasteiger partial charge is 0.133 e. The van der Waals surface area contributed by atoms with Gasteiger partial charge in [0.25, 0.3) is 0 Å². The van der Waals surface area contributed by atoms with Gasteiger partial charge in [0.15, 0.2) is 0 Å². The van der Waals surface area contributed by atoms with E-state index < -0.39 is 11.6 Å². The number of fused-ring (bicyclic) bond motifs is 4. The Balaban J connectivity index is 1.78. The first-order valence-electron chi connectivity index (χ1n) is 7.99. The van der Waals surface area contributed by atoms with E-state index in [4.69, 9.17) is 16.0 Å². The SMILES string of the molecule is Fc1cc(F)c2c(c1)-n1cccc1C(c1cc(Cl)c3coccc1-3)=NC2. The monoisotopic (exact) mass is 368 g/mol. The summed E-state index contributed by atoms with van der Waals surface area (Å²) in [6.45, 7) is 0.111. The molecule has 0 N–H and O–H groups in total. The van der Waals surface area contributed by atoms with Gasteiger partial charge in [-0.15, -0.1) is 0 Å². The molecular formula is C20H11ClF2N2O. The fraction of sp³-hybridized carbons (Fsp3) is 0.0500. The molecule has 3 heterocycles. The number of hydrogen-bond donors (Lipinski definition) is 0. The van der Waals surface area contributed by atoms with Gasteiger partial charge in [0.2, 0.25) is 0 Å². The van der Waals surface area contributed by atoms with Crippen LogP contribution in [0.15, 0.2) is 64.5 Å². The molecule has 0 atom stereocenters. The van der Waals surface area contributed by atoms with E-state index in [0.29, 0.717) is 22.0 Å². The molecule has 1 aromatic carbocycles. The summed E-state index contributed by atoms with van der Waals surface area (Å²) in [7, 11) is 0. The van der Waals surface area contributed by atoms with Crippen molar-refractivity contribution in [1.82, 2.24) is 4.57 Å². The molecule has 26 heavy (non-hydrogen) atoms. The number of benzene rings is 1. The van der Waals surface area contributed by atoms with Gasteiger partial charge in [0.05, 0.1) is 41.2 Å². The van der Waals surface area contributed by atoms with Crippen molar-refractivity contribution >= 4 is 17.3 Å². The first kappa shape index (κ1) is 15.3. The van der Waals surface area contributed by atoms with Crippen LogP contribution in [0.5, 0.6) is 0 Å². The summed E-state index contributed by atoms with van der Waals surface area (Å²) in [6.07, 6.45) is 4.93. The maximum absolute atomic E-state index is 14.3. The molecule has 5 rings (SSSR count). The Kier molecular flexibility index (Phi) is 3.27. The molecule has 0 amide bonds. The lowest BCUT2D eigenvalue weighted by molar-refractivity contribution is 0.552. The highest BCUT2D eigenvalue weighted by atomic mass is 35.5. The van der Waals surface area contributed by atoms with Gasteiger partial charge in [-0.1, -0.05) is 11.6 Å². The third kappa shape index (κ3) is 2.14. The topological polar surface area (TPSA) is 30.4 Å². The Hall–Kier alpha value is -2.92. The average Bonchev–Trinajstić information content (AvgIpc) is 3.19. The number of halogens is 3. The summed E-state index contributed by atoms with van der Waals surface area (Å²) in [4.78, 5) is 4.65. The lowest BCUT2D eigenvalue weighted by Crippen LogP contribution is -2.08. The Morgan fingerprint density at radius 3 is 2.85 bits per heavy atom. The number of rotatable bonds is 1. The van der Waals surface area contributed by atoms with Gasteiger partial charge in [-0.25, -0.2) is 8.78 Å². The predicted octanol–water partition coefficient (Wildman–Crippen LogP) is 5.46. The number of aromatic nitrogens is 1. The summed E-state index contributed by atoms with van der Waals surface area (Å²) < 4.78 is 35.1. The molecule has 2 aliphatic heterocycles. The molecule has 0 spiro atoms. The van der Waals surface area contributed by atoms with Crippen LogP contribution in [0.2, 0.25) is 5.02 Å². The van der Waals surface area contributed by atoms with E-state index in [1.807, 2.05) is 24.3 Å². The predicted molar refractivity (Wildman–Crippen MR) is 95.4 cm³/mol. The summed E-state index contributed by atoms with van der Waals surface area (Å²) in [5.41, 5.74) is 4.74. The second kappa shape index (κ2) is 5.54. The largest absolute Gasteiger partial charge is 0.472 e. The van der Waals surface area contributed by atoms with Crippen molar-refractivity contribution in [3.05, 3.63) is 88.6 Å². The first-order chi connectivity index (χ1) is 12.6. The lowest BCUT2D eigenvalue weighted by Gasteiger charge is -2.12. The third-order valence-electron chi connectivity index (χ3n) is 4.65. The number of aliphatic imine (C=N–C) groups is 1. The summed E-state index contributed by atoms with van der Waals surface area (Å²) in [5.74, 6) is -1.22. The summed E-state index contributed by atoms with van der Waals surface area (Å²) in [6, 6.07) is 9.56. The molecule has 0 saturated heterocycles. The molecule has 0 radical (unpaired) electrons. The normalized spacial score (nSPS) is 13.3. The molecule has 2 aromatic rings. The minimum Gasteiger partial charge on any atom is -0.472 e. The van der Waals surface area contributed by atoms with Crippen molar-refractivity contribution in [3.8, 4) is 16.8 Å².